The number of hydrogen-bond donors (Lipinski definition) is 2. The minimum Gasteiger partial charge on any atom is -0.376 e. The normalized spacial score (nSPS) is 20.2. The molecule has 0 atom stereocenters. The predicted molar refractivity (Wildman–Crippen MR) is 119 cm³/mol. The van der Waals surface area contributed by atoms with Crippen LogP contribution in [0.4, 0.5) is 0 Å². The summed E-state index contributed by atoms with van der Waals surface area (Å²) in [4.78, 5) is 11.5. The number of aliphatic imine (C=N–C) groups is 1. The van der Waals surface area contributed by atoms with E-state index < -0.39 is 0 Å². The maximum absolute atomic E-state index is 6.07. The van der Waals surface area contributed by atoms with Crippen LogP contribution in [0, 0.1) is 0 Å². The number of piperidine rings is 1. The van der Waals surface area contributed by atoms with Crippen LogP contribution in [0.2, 0.25) is 0 Å². The van der Waals surface area contributed by atoms with Crippen LogP contribution in [0.3, 0.4) is 0 Å². The molecule has 0 radical (unpaired) electrons. The van der Waals surface area contributed by atoms with Crippen molar-refractivity contribution in [3.05, 3.63) is 12.2 Å². The standard InChI is InChI=1S/C19H34N6O.HI/c1-2-20-19(21-11-14-26-17-7-5-3-4-6-8-17)25-12-9-16(10-13-25)18-22-15-23-24-18;/h15-17H,2-14H2,1H3,(H,20,21)(H,22,23,24);1H. The third kappa shape index (κ3) is 7.21. The lowest BCUT2D eigenvalue weighted by Gasteiger charge is -2.33. The molecule has 1 aromatic heterocycles. The molecule has 0 bridgehead atoms. The highest BCUT2D eigenvalue weighted by molar-refractivity contribution is 14.0. The molecule has 2 fully saturated rings. The van der Waals surface area contributed by atoms with Crippen LogP contribution >= 0.6 is 24.0 Å². The third-order valence-electron chi connectivity index (χ3n) is 5.46. The lowest BCUT2D eigenvalue weighted by atomic mass is 9.96. The van der Waals surface area contributed by atoms with E-state index in [0.717, 1.165) is 57.4 Å². The lowest BCUT2D eigenvalue weighted by Crippen LogP contribution is -2.45. The van der Waals surface area contributed by atoms with Gasteiger partial charge in [-0.25, -0.2) is 4.98 Å². The fourth-order valence-electron chi connectivity index (χ4n) is 3.98. The fourth-order valence-corrected chi connectivity index (χ4v) is 3.98. The molecule has 1 saturated carbocycles. The molecule has 27 heavy (non-hydrogen) atoms. The zero-order chi connectivity index (χ0) is 18.0. The Balaban J connectivity index is 0.00000261. The van der Waals surface area contributed by atoms with Crippen LogP contribution in [-0.2, 0) is 4.74 Å². The first-order valence-electron chi connectivity index (χ1n) is 10.4. The minimum atomic E-state index is 0. The summed E-state index contributed by atoms with van der Waals surface area (Å²) in [6.07, 6.45) is 12.0. The average molecular weight is 490 g/mol. The molecule has 8 heteroatoms. The first kappa shape index (κ1) is 22.4. The van der Waals surface area contributed by atoms with Crippen molar-refractivity contribution in [1.82, 2.24) is 25.4 Å². The Bertz CT molecular complexity index is 522. The maximum atomic E-state index is 6.07. The van der Waals surface area contributed by atoms with E-state index in [4.69, 9.17) is 9.73 Å². The number of halogens is 1. The van der Waals surface area contributed by atoms with E-state index in [0.29, 0.717) is 12.0 Å². The second kappa shape index (κ2) is 12.5. The van der Waals surface area contributed by atoms with E-state index in [2.05, 4.69) is 32.3 Å². The molecule has 1 aromatic rings. The number of ether oxygens (including phenoxy) is 1. The van der Waals surface area contributed by atoms with Gasteiger partial charge in [-0.15, -0.1) is 24.0 Å². The second-order valence-electron chi connectivity index (χ2n) is 7.35. The minimum absolute atomic E-state index is 0. The molecule has 1 aliphatic carbocycles. The first-order valence-corrected chi connectivity index (χ1v) is 10.4. The molecule has 2 aliphatic rings. The van der Waals surface area contributed by atoms with Crippen molar-refractivity contribution in [2.24, 2.45) is 4.99 Å². The molecule has 3 rings (SSSR count). The number of likely N-dealkylation sites (tertiary alicyclic amines) is 1. The van der Waals surface area contributed by atoms with E-state index in [1.165, 1.54) is 38.5 Å². The van der Waals surface area contributed by atoms with Gasteiger partial charge >= 0.3 is 0 Å². The van der Waals surface area contributed by atoms with Gasteiger partial charge in [0, 0.05) is 25.6 Å². The monoisotopic (exact) mass is 490 g/mol. The van der Waals surface area contributed by atoms with E-state index in [9.17, 15) is 0 Å². The van der Waals surface area contributed by atoms with Crippen LogP contribution in [0.5, 0.6) is 0 Å². The average Bonchev–Trinajstić information content (AvgIpc) is 3.09. The summed E-state index contributed by atoms with van der Waals surface area (Å²) in [6, 6.07) is 0. The largest absolute Gasteiger partial charge is 0.376 e. The molecule has 2 N–H and O–H groups in total. The van der Waals surface area contributed by atoms with Crippen LogP contribution in [0.1, 0.15) is 70.0 Å². The molecule has 1 saturated heterocycles. The van der Waals surface area contributed by atoms with Gasteiger partial charge in [0.05, 0.1) is 19.3 Å². The van der Waals surface area contributed by atoms with E-state index in [1.54, 1.807) is 6.33 Å². The highest BCUT2D eigenvalue weighted by atomic mass is 127. The van der Waals surface area contributed by atoms with Gasteiger partial charge in [-0.1, -0.05) is 25.7 Å². The molecule has 0 amide bonds. The second-order valence-corrected chi connectivity index (χ2v) is 7.35. The van der Waals surface area contributed by atoms with Crippen molar-refractivity contribution >= 4 is 29.9 Å². The molecule has 0 aromatic carbocycles. The number of rotatable bonds is 6. The van der Waals surface area contributed by atoms with Crippen molar-refractivity contribution in [1.29, 1.82) is 0 Å². The highest BCUT2D eigenvalue weighted by Gasteiger charge is 2.24. The Labute approximate surface area is 180 Å². The lowest BCUT2D eigenvalue weighted by molar-refractivity contribution is 0.0486. The fraction of sp³-hybridized carbons (Fsp3) is 0.842. The van der Waals surface area contributed by atoms with Gasteiger partial charge in [0.1, 0.15) is 12.2 Å². The van der Waals surface area contributed by atoms with Crippen LogP contribution in [0.15, 0.2) is 11.3 Å². The Morgan fingerprint density at radius 3 is 2.59 bits per heavy atom. The van der Waals surface area contributed by atoms with Crippen LogP contribution in [0.25, 0.3) is 0 Å². The summed E-state index contributed by atoms with van der Waals surface area (Å²) in [7, 11) is 0. The molecule has 0 unspecified atom stereocenters. The maximum Gasteiger partial charge on any atom is 0.193 e. The molecule has 2 heterocycles. The summed E-state index contributed by atoms with van der Waals surface area (Å²) >= 11 is 0. The number of aromatic nitrogens is 3. The summed E-state index contributed by atoms with van der Waals surface area (Å²) in [5.41, 5.74) is 0. The predicted octanol–water partition coefficient (Wildman–Crippen LogP) is 3.31. The van der Waals surface area contributed by atoms with E-state index >= 15 is 0 Å². The van der Waals surface area contributed by atoms with E-state index in [1.807, 2.05) is 0 Å². The molecule has 154 valence electrons. The van der Waals surface area contributed by atoms with Gasteiger partial charge in [-0.2, -0.15) is 5.10 Å². The molecular weight excluding hydrogens is 455 g/mol. The van der Waals surface area contributed by atoms with Gasteiger partial charge in [0.15, 0.2) is 5.96 Å². The molecular formula is C19H35IN6O. The number of hydrogen-bond acceptors (Lipinski definition) is 4. The summed E-state index contributed by atoms with van der Waals surface area (Å²) in [6.45, 7) is 6.49. The smallest absolute Gasteiger partial charge is 0.193 e. The first-order chi connectivity index (χ1) is 12.9. The molecule has 1 aliphatic heterocycles. The van der Waals surface area contributed by atoms with Gasteiger partial charge < -0.3 is 15.0 Å². The topological polar surface area (TPSA) is 78.4 Å². The van der Waals surface area contributed by atoms with Crippen LogP contribution in [-0.4, -0.2) is 64.9 Å². The Morgan fingerprint density at radius 1 is 1.22 bits per heavy atom. The summed E-state index contributed by atoms with van der Waals surface area (Å²) in [5.74, 6) is 2.52. The van der Waals surface area contributed by atoms with Gasteiger partial charge in [-0.3, -0.25) is 10.1 Å². The number of H-pyrrole nitrogens is 1. The number of nitrogens with zero attached hydrogens (tertiary/aromatic N) is 4. The zero-order valence-electron chi connectivity index (χ0n) is 16.5. The number of aromatic amines is 1. The van der Waals surface area contributed by atoms with Crippen LogP contribution < -0.4 is 5.32 Å². The Hall–Kier alpha value is -0.900. The zero-order valence-corrected chi connectivity index (χ0v) is 18.9. The Morgan fingerprint density at radius 2 is 1.96 bits per heavy atom. The van der Waals surface area contributed by atoms with Gasteiger partial charge in [0.2, 0.25) is 0 Å². The molecule has 7 nitrogen and oxygen atoms in total. The Kier molecular flexibility index (Phi) is 10.4. The van der Waals surface area contributed by atoms with Crippen molar-refractivity contribution < 1.29 is 4.74 Å². The van der Waals surface area contributed by atoms with Crippen molar-refractivity contribution in [2.45, 2.75) is 70.3 Å². The van der Waals surface area contributed by atoms with Crippen molar-refractivity contribution in [3.63, 3.8) is 0 Å². The van der Waals surface area contributed by atoms with Crippen molar-refractivity contribution in [2.75, 3.05) is 32.8 Å². The van der Waals surface area contributed by atoms with E-state index in [-0.39, 0.29) is 24.0 Å². The molecule has 0 spiro atoms. The highest BCUT2D eigenvalue weighted by Crippen LogP contribution is 2.25. The van der Waals surface area contributed by atoms with Crippen molar-refractivity contribution in [3.8, 4) is 0 Å². The number of guanidine groups is 1. The third-order valence-corrected chi connectivity index (χ3v) is 5.46. The van der Waals surface area contributed by atoms with Gasteiger partial charge in [0.25, 0.3) is 0 Å². The SMILES string of the molecule is CCNC(=NCCOC1CCCCCC1)N1CCC(c2ncn[nH]2)CC1.I. The quantitative estimate of drug-likeness (QED) is 0.210. The summed E-state index contributed by atoms with van der Waals surface area (Å²) < 4.78 is 6.07. The van der Waals surface area contributed by atoms with Gasteiger partial charge in [-0.05, 0) is 32.6 Å². The number of nitrogens with one attached hydrogen (secondary N) is 2. The summed E-state index contributed by atoms with van der Waals surface area (Å²) in [5, 5.41) is 10.4.